The van der Waals surface area contributed by atoms with Gasteiger partial charge in [-0.05, 0) is 0 Å². The van der Waals surface area contributed by atoms with E-state index in [9.17, 15) is 0 Å². The molecule has 0 aromatic carbocycles. The molecule has 0 amide bonds. The zero-order valence-electron chi connectivity index (χ0n) is 3.79. The van der Waals surface area contributed by atoms with Crippen molar-refractivity contribution >= 4 is 24.3 Å². The SMILES string of the molecule is [C]1=NC2=N[C]=NC2=N1. The Morgan fingerprint density at radius 2 is 1.38 bits per heavy atom. The molecule has 0 aromatic heterocycles. The molecule has 4 nitrogen and oxygen atoms in total. The first-order valence-corrected chi connectivity index (χ1v) is 2.04. The first-order chi connectivity index (χ1) is 3.97. The van der Waals surface area contributed by atoms with E-state index in [1.165, 1.54) is 0 Å². The first-order valence-electron chi connectivity index (χ1n) is 2.04. The molecule has 0 bridgehead atoms. The standard InChI is InChI=1S/C4N4/c1-5-3-4(6-1)8-2-7-3. The summed E-state index contributed by atoms with van der Waals surface area (Å²) in [6, 6.07) is 0. The normalized spacial score (nSPS) is 21.0. The molecule has 0 N–H and O–H groups in total. The molecular formula is C4N4. The molecule has 0 saturated carbocycles. The minimum Gasteiger partial charge on any atom is -0.202 e. The van der Waals surface area contributed by atoms with Crippen LogP contribution in [0.1, 0.15) is 0 Å². The molecule has 0 aliphatic carbocycles. The van der Waals surface area contributed by atoms with Gasteiger partial charge in [0.2, 0.25) is 24.3 Å². The van der Waals surface area contributed by atoms with Crippen LogP contribution in [-0.4, -0.2) is 24.3 Å². The Morgan fingerprint density at radius 3 is 1.88 bits per heavy atom. The molecule has 4 heteroatoms. The van der Waals surface area contributed by atoms with Crippen LogP contribution >= 0.6 is 0 Å². The lowest BCUT2D eigenvalue weighted by Crippen LogP contribution is -1.97. The highest BCUT2D eigenvalue weighted by molar-refractivity contribution is 6.49. The van der Waals surface area contributed by atoms with E-state index < -0.39 is 0 Å². The Labute approximate surface area is 45.4 Å². The van der Waals surface area contributed by atoms with E-state index >= 15 is 0 Å². The lowest BCUT2D eigenvalue weighted by molar-refractivity contribution is 1.66. The number of hydrogen-bond acceptors (Lipinski definition) is 4. The van der Waals surface area contributed by atoms with Crippen LogP contribution in [0.15, 0.2) is 20.0 Å². The second kappa shape index (κ2) is 1.09. The third-order valence-corrected chi connectivity index (χ3v) is 0.824. The van der Waals surface area contributed by atoms with Crippen molar-refractivity contribution in [2.45, 2.75) is 0 Å². The van der Waals surface area contributed by atoms with E-state index in [2.05, 4.69) is 32.6 Å². The molecule has 2 aliphatic rings. The summed E-state index contributed by atoms with van der Waals surface area (Å²) < 4.78 is 0. The molecule has 0 atom stereocenters. The molecule has 0 fully saturated rings. The topological polar surface area (TPSA) is 49.4 Å². The summed E-state index contributed by atoms with van der Waals surface area (Å²) in [6.07, 6.45) is 4.75. The van der Waals surface area contributed by atoms with Gasteiger partial charge in [0.25, 0.3) is 0 Å². The van der Waals surface area contributed by atoms with Crippen LogP contribution in [0, 0.1) is 0 Å². The molecule has 2 aliphatic heterocycles. The highest BCUT2D eigenvalue weighted by Gasteiger charge is 2.13. The fourth-order valence-corrected chi connectivity index (χ4v) is 0.489. The lowest BCUT2D eigenvalue weighted by atomic mass is 10.6. The number of aliphatic imine (C=N–C) groups is 4. The monoisotopic (exact) mass is 104 g/mol. The Balaban J connectivity index is 2.59. The molecule has 0 spiro atoms. The van der Waals surface area contributed by atoms with Crippen LogP contribution in [0.5, 0.6) is 0 Å². The maximum atomic E-state index is 3.64. The molecule has 2 rings (SSSR count). The third kappa shape index (κ3) is 0.294. The molecular weight excluding hydrogens is 104 g/mol. The van der Waals surface area contributed by atoms with Gasteiger partial charge in [0.05, 0.1) is 0 Å². The summed E-state index contributed by atoms with van der Waals surface area (Å²) >= 11 is 0. The fraction of sp³-hybridized carbons (Fsp3) is 0. The van der Waals surface area contributed by atoms with Gasteiger partial charge in [0.15, 0.2) is 0 Å². The van der Waals surface area contributed by atoms with E-state index in [1.807, 2.05) is 0 Å². The Kier molecular flexibility index (Phi) is 0.498. The van der Waals surface area contributed by atoms with Crippen molar-refractivity contribution in [1.29, 1.82) is 0 Å². The Morgan fingerprint density at radius 1 is 0.875 bits per heavy atom. The number of hydrogen-bond donors (Lipinski definition) is 0. The number of nitrogens with zero attached hydrogens (tertiary/aromatic N) is 4. The number of fused-ring (bicyclic) bond motifs is 1. The van der Waals surface area contributed by atoms with Crippen molar-refractivity contribution in [3.05, 3.63) is 0 Å². The van der Waals surface area contributed by atoms with Gasteiger partial charge >= 0.3 is 0 Å². The van der Waals surface area contributed by atoms with E-state index in [4.69, 9.17) is 0 Å². The smallest absolute Gasteiger partial charge is 0.202 e. The highest BCUT2D eigenvalue weighted by atomic mass is 15.2. The quantitative estimate of drug-likeness (QED) is 0.402. The highest BCUT2D eigenvalue weighted by Crippen LogP contribution is 1.99. The predicted molar refractivity (Wildman–Crippen MR) is 29.7 cm³/mol. The van der Waals surface area contributed by atoms with Gasteiger partial charge in [0.1, 0.15) is 0 Å². The second-order valence-corrected chi connectivity index (χ2v) is 1.29. The van der Waals surface area contributed by atoms with Gasteiger partial charge in [-0.25, -0.2) is 20.0 Å². The summed E-state index contributed by atoms with van der Waals surface area (Å²) in [7, 11) is 0. The average molecular weight is 104 g/mol. The maximum absolute atomic E-state index is 3.64. The third-order valence-electron chi connectivity index (χ3n) is 0.824. The largest absolute Gasteiger partial charge is 0.202 e. The Hall–Kier alpha value is -1.32. The second-order valence-electron chi connectivity index (χ2n) is 1.29. The van der Waals surface area contributed by atoms with Crippen molar-refractivity contribution in [1.82, 2.24) is 0 Å². The van der Waals surface area contributed by atoms with E-state index in [-0.39, 0.29) is 0 Å². The van der Waals surface area contributed by atoms with Crippen molar-refractivity contribution in [3.8, 4) is 0 Å². The molecule has 0 saturated heterocycles. The number of rotatable bonds is 0. The van der Waals surface area contributed by atoms with Crippen LogP contribution in [0.25, 0.3) is 0 Å². The summed E-state index contributed by atoms with van der Waals surface area (Å²) in [5.41, 5.74) is 0. The average Bonchev–Trinajstić information content (AvgIpc) is 2.15. The summed E-state index contributed by atoms with van der Waals surface area (Å²) in [5, 5.41) is 0. The minimum atomic E-state index is 0.519. The van der Waals surface area contributed by atoms with Crippen LogP contribution < -0.4 is 0 Å². The zero-order chi connectivity index (χ0) is 5.40. The Bertz CT molecular complexity index is 206. The zero-order valence-corrected chi connectivity index (χ0v) is 3.79. The molecule has 2 radical (unpaired) electrons. The van der Waals surface area contributed by atoms with E-state index in [0.717, 1.165) is 0 Å². The predicted octanol–water partition coefficient (Wildman–Crippen LogP) is -0.379. The van der Waals surface area contributed by atoms with Gasteiger partial charge in [-0.1, -0.05) is 0 Å². The van der Waals surface area contributed by atoms with Gasteiger partial charge < -0.3 is 0 Å². The summed E-state index contributed by atoms with van der Waals surface area (Å²) in [6.45, 7) is 0. The molecule has 8 heavy (non-hydrogen) atoms. The molecule has 0 unspecified atom stereocenters. The van der Waals surface area contributed by atoms with Crippen LogP contribution in [-0.2, 0) is 0 Å². The van der Waals surface area contributed by atoms with Crippen LogP contribution in [0.3, 0.4) is 0 Å². The summed E-state index contributed by atoms with van der Waals surface area (Å²) in [4.78, 5) is 14.6. The first kappa shape index (κ1) is 3.65. The maximum Gasteiger partial charge on any atom is 0.202 e. The fourth-order valence-electron chi connectivity index (χ4n) is 0.489. The summed E-state index contributed by atoms with van der Waals surface area (Å²) in [5.74, 6) is 1.04. The lowest BCUT2D eigenvalue weighted by Gasteiger charge is -1.76. The minimum absolute atomic E-state index is 0.519. The van der Waals surface area contributed by atoms with Gasteiger partial charge in [0, 0.05) is 0 Å². The number of amidine groups is 2. The van der Waals surface area contributed by atoms with E-state index in [1.54, 1.807) is 0 Å². The van der Waals surface area contributed by atoms with Crippen LogP contribution in [0.4, 0.5) is 0 Å². The van der Waals surface area contributed by atoms with Crippen molar-refractivity contribution < 1.29 is 0 Å². The van der Waals surface area contributed by atoms with Gasteiger partial charge in [-0.15, -0.1) is 0 Å². The van der Waals surface area contributed by atoms with Crippen molar-refractivity contribution in [2.75, 3.05) is 0 Å². The van der Waals surface area contributed by atoms with E-state index in [0.29, 0.717) is 11.7 Å². The van der Waals surface area contributed by atoms with Crippen molar-refractivity contribution in [2.24, 2.45) is 20.0 Å². The van der Waals surface area contributed by atoms with Crippen molar-refractivity contribution in [3.63, 3.8) is 0 Å². The van der Waals surface area contributed by atoms with Crippen LogP contribution in [0.2, 0.25) is 0 Å². The molecule has 0 aromatic rings. The molecule has 2 heterocycles. The molecule has 36 valence electrons. The van der Waals surface area contributed by atoms with Gasteiger partial charge in [-0.3, -0.25) is 0 Å². The van der Waals surface area contributed by atoms with Gasteiger partial charge in [-0.2, -0.15) is 0 Å².